The van der Waals surface area contributed by atoms with Crippen LogP contribution in [0.5, 0.6) is 5.75 Å². The van der Waals surface area contributed by atoms with Gasteiger partial charge < -0.3 is 4.18 Å². The van der Waals surface area contributed by atoms with Gasteiger partial charge in [0, 0.05) is 24.3 Å². The molecule has 0 aromatic heterocycles. The van der Waals surface area contributed by atoms with Crippen molar-refractivity contribution in [2.75, 3.05) is 0 Å². The Balaban J connectivity index is 1.44. The molecule has 12 nitrogen and oxygen atoms in total. The highest BCUT2D eigenvalue weighted by molar-refractivity contribution is 8.18. The second-order valence-electron chi connectivity index (χ2n) is 7.55. The highest BCUT2D eigenvalue weighted by Gasteiger charge is 2.35. The number of carbonyl (C=O) groups excluding carboxylic acids is 2. The molecular weight excluding hydrogens is 526 g/mol. The molecule has 1 heterocycles. The third-order valence-electron chi connectivity index (χ3n) is 5.08. The SMILES string of the molecule is O=C1S/C(=C\c2ccc(OS(=O)(=O)c3ccc([N+](=O)[O-])cc3)cc2)C(=O)N1Cc1ccc([N+](=O)[O-])cc1. The number of imide groups is 1. The topological polar surface area (TPSA) is 167 Å². The maximum absolute atomic E-state index is 12.7. The lowest BCUT2D eigenvalue weighted by Crippen LogP contribution is -2.27. The zero-order chi connectivity index (χ0) is 26.7. The van der Waals surface area contributed by atoms with E-state index in [-0.39, 0.29) is 33.5 Å². The van der Waals surface area contributed by atoms with Crippen LogP contribution < -0.4 is 4.18 Å². The van der Waals surface area contributed by atoms with Gasteiger partial charge in [0.15, 0.2) is 0 Å². The predicted molar refractivity (Wildman–Crippen MR) is 132 cm³/mol. The van der Waals surface area contributed by atoms with Gasteiger partial charge in [0.2, 0.25) is 0 Å². The largest absolute Gasteiger partial charge is 0.379 e. The number of nitrogens with zero attached hydrogens (tertiary/aromatic N) is 3. The van der Waals surface area contributed by atoms with Crippen molar-refractivity contribution in [2.24, 2.45) is 0 Å². The van der Waals surface area contributed by atoms with Gasteiger partial charge in [0.25, 0.3) is 22.5 Å². The summed E-state index contributed by atoms with van der Waals surface area (Å²) in [6, 6.07) is 15.4. The minimum Gasteiger partial charge on any atom is -0.379 e. The Hall–Kier alpha value is -4.56. The summed E-state index contributed by atoms with van der Waals surface area (Å²) < 4.78 is 29.9. The highest BCUT2D eigenvalue weighted by atomic mass is 32.2. The monoisotopic (exact) mass is 541 g/mol. The first-order valence-corrected chi connectivity index (χ1v) is 12.5. The number of thioether (sulfide) groups is 1. The van der Waals surface area contributed by atoms with Crippen molar-refractivity contribution >= 4 is 50.5 Å². The lowest BCUT2D eigenvalue weighted by Gasteiger charge is -2.12. The molecule has 37 heavy (non-hydrogen) atoms. The van der Waals surface area contributed by atoms with Crippen molar-refractivity contribution < 1.29 is 32.0 Å². The van der Waals surface area contributed by atoms with E-state index in [1.54, 1.807) is 0 Å². The van der Waals surface area contributed by atoms with Crippen LogP contribution in [0.4, 0.5) is 16.2 Å². The van der Waals surface area contributed by atoms with E-state index < -0.39 is 31.1 Å². The first kappa shape index (κ1) is 25.5. The molecule has 1 aliphatic heterocycles. The first-order valence-electron chi connectivity index (χ1n) is 10.3. The average molecular weight is 542 g/mol. The lowest BCUT2D eigenvalue weighted by atomic mass is 10.2. The second kappa shape index (κ2) is 10.2. The molecule has 1 aliphatic rings. The van der Waals surface area contributed by atoms with Crippen molar-refractivity contribution in [1.29, 1.82) is 0 Å². The normalized spacial score (nSPS) is 14.7. The van der Waals surface area contributed by atoms with Crippen LogP contribution in [0.25, 0.3) is 6.08 Å². The summed E-state index contributed by atoms with van der Waals surface area (Å²) in [5, 5.41) is 21.0. The number of nitro groups is 2. The van der Waals surface area contributed by atoms with Crippen LogP contribution in [-0.2, 0) is 21.5 Å². The Morgan fingerprint density at radius 3 is 1.92 bits per heavy atom. The number of non-ortho nitro benzene ring substituents is 2. The fourth-order valence-corrected chi connectivity index (χ4v) is 4.99. The van der Waals surface area contributed by atoms with Gasteiger partial charge >= 0.3 is 10.1 Å². The molecule has 0 atom stereocenters. The molecule has 3 aromatic carbocycles. The minimum absolute atomic E-state index is 0.0261. The van der Waals surface area contributed by atoms with Gasteiger partial charge in [-0.25, -0.2) is 0 Å². The Labute approximate surface area is 213 Å². The molecule has 3 aromatic rings. The molecule has 0 radical (unpaired) electrons. The molecule has 1 saturated heterocycles. The number of hydrogen-bond donors (Lipinski definition) is 0. The van der Waals surface area contributed by atoms with Gasteiger partial charge in [-0.3, -0.25) is 34.7 Å². The quantitative estimate of drug-likeness (QED) is 0.171. The van der Waals surface area contributed by atoms with E-state index in [4.69, 9.17) is 4.18 Å². The molecule has 188 valence electrons. The van der Waals surface area contributed by atoms with Crippen molar-refractivity contribution in [2.45, 2.75) is 11.4 Å². The van der Waals surface area contributed by atoms with Crippen molar-refractivity contribution in [3.8, 4) is 5.75 Å². The maximum atomic E-state index is 12.7. The maximum Gasteiger partial charge on any atom is 0.339 e. The molecule has 0 saturated carbocycles. The van der Waals surface area contributed by atoms with Crippen LogP contribution in [0.2, 0.25) is 0 Å². The second-order valence-corrected chi connectivity index (χ2v) is 10.1. The third-order valence-corrected chi connectivity index (χ3v) is 7.25. The molecule has 1 fully saturated rings. The van der Waals surface area contributed by atoms with Gasteiger partial charge in [0.1, 0.15) is 10.6 Å². The highest BCUT2D eigenvalue weighted by Crippen LogP contribution is 2.34. The van der Waals surface area contributed by atoms with E-state index >= 15 is 0 Å². The summed E-state index contributed by atoms with van der Waals surface area (Å²) in [6.45, 7) is -0.0483. The van der Waals surface area contributed by atoms with Crippen LogP contribution in [0.15, 0.2) is 82.6 Å². The smallest absolute Gasteiger partial charge is 0.339 e. The Morgan fingerprint density at radius 2 is 1.38 bits per heavy atom. The summed E-state index contributed by atoms with van der Waals surface area (Å²) in [5.74, 6) is -0.559. The van der Waals surface area contributed by atoms with Crippen LogP contribution >= 0.6 is 11.8 Å². The number of hydrogen-bond acceptors (Lipinski definition) is 10. The lowest BCUT2D eigenvalue weighted by molar-refractivity contribution is -0.385. The number of nitro benzene ring substituents is 2. The van der Waals surface area contributed by atoms with E-state index in [0.717, 1.165) is 40.9 Å². The van der Waals surface area contributed by atoms with Crippen molar-refractivity contribution in [3.63, 3.8) is 0 Å². The number of carbonyl (C=O) groups is 2. The standard InChI is InChI=1S/C23H15N3O9S2/c27-22-21(36-23(28)24(22)14-16-1-5-17(6-2-16)25(29)30)13-15-3-9-19(10-4-15)35-37(33,34)20-11-7-18(8-12-20)26(31)32/h1-13H,14H2/b21-13-. The summed E-state index contributed by atoms with van der Waals surface area (Å²) in [4.78, 5) is 46.3. The minimum atomic E-state index is -4.24. The predicted octanol–water partition coefficient (Wildman–Crippen LogP) is 4.51. The summed E-state index contributed by atoms with van der Waals surface area (Å²) in [5.41, 5.74) is 0.678. The fourth-order valence-electron chi connectivity index (χ4n) is 3.22. The number of rotatable bonds is 8. The van der Waals surface area contributed by atoms with E-state index in [1.165, 1.54) is 54.6 Å². The number of amides is 2. The molecule has 14 heteroatoms. The zero-order valence-corrected chi connectivity index (χ0v) is 20.2. The van der Waals surface area contributed by atoms with E-state index in [0.29, 0.717) is 11.1 Å². The van der Waals surface area contributed by atoms with Crippen LogP contribution in [0.1, 0.15) is 11.1 Å². The van der Waals surface area contributed by atoms with Gasteiger partial charge in [-0.1, -0.05) is 24.3 Å². The van der Waals surface area contributed by atoms with E-state index in [2.05, 4.69) is 0 Å². The van der Waals surface area contributed by atoms with Crippen LogP contribution in [0, 0.1) is 20.2 Å². The number of benzene rings is 3. The molecule has 2 amide bonds. The van der Waals surface area contributed by atoms with Crippen LogP contribution in [0.3, 0.4) is 0 Å². The van der Waals surface area contributed by atoms with Gasteiger partial charge in [-0.05, 0) is 53.2 Å². The van der Waals surface area contributed by atoms with Gasteiger partial charge in [-0.2, -0.15) is 8.42 Å². The van der Waals surface area contributed by atoms with Crippen LogP contribution in [-0.4, -0.2) is 34.3 Å². The molecule has 0 bridgehead atoms. The Kier molecular flexibility index (Phi) is 7.04. The van der Waals surface area contributed by atoms with Gasteiger partial charge in [0.05, 0.1) is 21.3 Å². The molecule has 4 rings (SSSR count). The van der Waals surface area contributed by atoms with E-state index in [1.807, 2.05) is 0 Å². The summed E-state index contributed by atoms with van der Waals surface area (Å²) in [7, 11) is -4.24. The molecule has 0 aliphatic carbocycles. The van der Waals surface area contributed by atoms with Crippen molar-refractivity contribution in [3.05, 3.63) is 109 Å². The molecule has 0 spiro atoms. The van der Waals surface area contributed by atoms with Gasteiger partial charge in [-0.15, -0.1) is 0 Å². The Bertz CT molecular complexity index is 1530. The zero-order valence-electron chi connectivity index (χ0n) is 18.5. The summed E-state index contributed by atoms with van der Waals surface area (Å²) in [6.07, 6.45) is 1.47. The first-order chi connectivity index (χ1) is 17.5. The van der Waals surface area contributed by atoms with Crippen molar-refractivity contribution in [1.82, 2.24) is 4.90 Å². The fraction of sp³-hybridized carbons (Fsp3) is 0.0435. The molecular formula is C23H15N3O9S2. The average Bonchev–Trinajstić information content (AvgIpc) is 3.12. The summed E-state index contributed by atoms with van der Waals surface area (Å²) >= 11 is 0.734. The third kappa shape index (κ3) is 5.82. The molecule has 0 N–H and O–H groups in total. The molecule has 0 unspecified atom stereocenters. The Morgan fingerprint density at radius 1 is 0.838 bits per heavy atom. The van der Waals surface area contributed by atoms with E-state index in [9.17, 15) is 38.2 Å².